The van der Waals surface area contributed by atoms with Crippen LogP contribution in [-0.2, 0) is 16.4 Å². The highest BCUT2D eigenvalue weighted by Gasteiger charge is 2.31. The Morgan fingerprint density at radius 2 is 1.75 bits per heavy atom. The fourth-order valence-electron chi connectivity index (χ4n) is 4.13. The van der Waals surface area contributed by atoms with Crippen molar-refractivity contribution in [3.63, 3.8) is 0 Å². The number of nitrogens with zero attached hydrogens (tertiary/aromatic N) is 1. The van der Waals surface area contributed by atoms with Crippen LogP contribution in [0.15, 0.2) is 71.6 Å². The monoisotopic (exact) mass is 450 g/mol. The number of carbonyl (C=O) groups excluding carboxylic acids is 1. The average molecular weight is 451 g/mol. The highest BCUT2D eigenvalue weighted by Crippen LogP contribution is 2.34. The first-order valence-corrected chi connectivity index (χ1v) is 11.8. The number of anilines is 2. The zero-order valence-electron chi connectivity index (χ0n) is 17.4. The molecule has 0 radical (unpaired) electrons. The first-order chi connectivity index (χ1) is 15.4. The molecule has 2 heterocycles. The number of hydrogen-bond donors (Lipinski definition) is 1. The molecule has 5 rings (SSSR count). The number of amides is 1. The number of hydrogen-bond acceptors (Lipinski definition) is 5. The standard InChI is InChI=1S/C24H22N2O5S/c1-16-13-17-5-2-3-8-21(17)26(16)24(27)18-6-4-7-19(14-18)25-32(28,29)20-9-10-22-23(15-20)31-12-11-30-22/h2-10,14-16,25H,11-13H2,1H3/t16-/m1/s1. The molecule has 164 valence electrons. The Morgan fingerprint density at radius 3 is 2.59 bits per heavy atom. The maximum absolute atomic E-state index is 13.3. The maximum atomic E-state index is 13.3. The summed E-state index contributed by atoms with van der Waals surface area (Å²) in [5.74, 6) is 0.746. The lowest BCUT2D eigenvalue weighted by Gasteiger charge is -2.23. The Balaban J connectivity index is 1.40. The van der Waals surface area contributed by atoms with Gasteiger partial charge in [0.25, 0.3) is 15.9 Å². The zero-order valence-corrected chi connectivity index (χ0v) is 18.3. The number of benzene rings is 3. The van der Waals surface area contributed by atoms with E-state index >= 15 is 0 Å². The van der Waals surface area contributed by atoms with E-state index in [0.717, 1.165) is 17.7 Å². The molecule has 0 unspecified atom stereocenters. The molecule has 7 nitrogen and oxygen atoms in total. The van der Waals surface area contributed by atoms with E-state index in [2.05, 4.69) is 4.72 Å². The number of sulfonamides is 1. The second-order valence-corrected chi connectivity index (χ2v) is 9.53. The van der Waals surface area contributed by atoms with Crippen LogP contribution in [0.3, 0.4) is 0 Å². The van der Waals surface area contributed by atoms with Crippen molar-refractivity contribution in [2.45, 2.75) is 24.3 Å². The van der Waals surface area contributed by atoms with E-state index in [9.17, 15) is 13.2 Å². The van der Waals surface area contributed by atoms with Crippen molar-refractivity contribution in [1.82, 2.24) is 0 Å². The molecule has 0 spiro atoms. The predicted octanol–water partition coefficient (Wildman–Crippen LogP) is 3.85. The molecule has 0 aromatic heterocycles. The summed E-state index contributed by atoms with van der Waals surface area (Å²) in [4.78, 5) is 15.1. The molecule has 3 aromatic rings. The third kappa shape index (κ3) is 3.67. The van der Waals surface area contributed by atoms with Crippen LogP contribution in [0.2, 0.25) is 0 Å². The van der Waals surface area contributed by atoms with Crippen molar-refractivity contribution < 1.29 is 22.7 Å². The second kappa shape index (κ2) is 7.87. The van der Waals surface area contributed by atoms with E-state index in [-0.39, 0.29) is 16.8 Å². The van der Waals surface area contributed by atoms with E-state index in [1.807, 2.05) is 31.2 Å². The van der Waals surface area contributed by atoms with Crippen LogP contribution in [0, 0.1) is 0 Å². The number of para-hydroxylation sites is 1. The zero-order chi connectivity index (χ0) is 22.3. The Hall–Kier alpha value is -3.52. The Morgan fingerprint density at radius 1 is 0.969 bits per heavy atom. The van der Waals surface area contributed by atoms with Crippen LogP contribution in [-0.4, -0.2) is 33.6 Å². The molecule has 0 saturated heterocycles. The highest BCUT2D eigenvalue weighted by atomic mass is 32.2. The molecule has 1 atom stereocenters. The molecule has 1 N–H and O–H groups in total. The summed E-state index contributed by atoms with van der Waals surface area (Å²) in [6.07, 6.45) is 0.790. The summed E-state index contributed by atoms with van der Waals surface area (Å²) in [5.41, 5.74) is 2.75. The van der Waals surface area contributed by atoms with E-state index in [1.54, 1.807) is 35.2 Å². The fourth-order valence-corrected chi connectivity index (χ4v) is 5.20. The number of ether oxygens (including phenoxy) is 2. The first kappa shape index (κ1) is 20.4. The lowest BCUT2D eigenvalue weighted by Crippen LogP contribution is -2.35. The molecule has 0 aliphatic carbocycles. The van der Waals surface area contributed by atoms with Crippen molar-refractivity contribution in [1.29, 1.82) is 0 Å². The largest absolute Gasteiger partial charge is 0.486 e. The minimum Gasteiger partial charge on any atom is -0.486 e. The molecule has 0 bridgehead atoms. The average Bonchev–Trinajstić information content (AvgIpc) is 3.13. The van der Waals surface area contributed by atoms with Crippen LogP contribution in [0.5, 0.6) is 11.5 Å². The highest BCUT2D eigenvalue weighted by molar-refractivity contribution is 7.92. The van der Waals surface area contributed by atoms with Gasteiger partial charge < -0.3 is 14.4 Å². The van der Waals surface area contributed by atoms with Gasteiger partial charge in [-0.2, -0.15) is 0 Å². The Bertz CT molecular complexity index is 1310. The molecule has 2 aliphatic heterocycles. The molecule has 0 saturated carbocycles. The van der Waals surface area contributed by atoms with Gasteiger partial charge in [-0.3, -0.25) is 9.52 Å². The van der Waals surface area contributed by atoms with Gasteiger partial charge in [0.15, 0.2) is 11.5 Å². The summed E-state index contributed by atoms with van der Waals surface area (Å²) in [7, 11) is -3.88. The normalized spacial score (nSPS) is 17.0. The lowest BCUT2D eigenvalue weighted by molar-refractivity contribution is 0.0981. The minimum atomic E-state index is -3.88. The first-order valence-electron chi connectivity index (χ1n) is 10.4. The van der Waals surface area contributed by atoms with Gasteiger partial charge in [-0.15, -0.1) is 0 Å². The topological polar surface area (TPSA) is 84.9 Å². The van der Waals surface area contributed by atoms with E-state index in [4.69, 9.17) is 9.47 Å². The molecule has 32 heavy (non-hydrogen) atoms. The SMILES string of the molecule is C[C@@H]1Cc2ccccc2N1C(=O)c1cccc(NS(=O)(=O)c2ccc3c(c2)OCCO3)c1. The Kier molecular flexibility index (Phi) is 5.01. The van der Waals surface area contributed by atoms with Crippen LogP contribution in [0.1, 0.15) is 22.8 Å². The minimum absolute atomic E-state index is 0.0259. The van der Waals surface area contributed by atoms with Gasteiger partial charge in [-0.25, -0.2) is 8.42 Å². The molecular formula is C24H22N2O5S. The van der Waals surface area contributed by atoms with Crippen molar-refractivity contribution >= 4 is 27.3 Å². The van der Waals surface area contributed by atoms with E-state index in [0.29, 0.717) is 36.0 Å². The van der Waals surface area contributed by atoms with Gasteiger partial charge in [-0.05, 0) is 55.3 Å². The van der Waals surface area contributed by atoms with Gasteiger partial charge in [0, 0.05) is 29.0 Å². The summed E-state index contributed by atoms with van der Waals surface area (Å²) < 4.78 is 39.4. The van der Waals surface area contributed by atoms with Crippen molar-refractivity contribution in [2.24, 2.45) is 0 Å². The van der Waals surface area contributed by atoms with Gasteiger partial charge in [0.2, 0.25) is 0 Å². The van der Waals surface area contributed by atoms with Crippen molar-refractivity contribution in [3.05, 3.63) is 77.9 Å². The molecule has 8 heteroatoms. The third-order valence-corrected chi connectivity index (χ3v) is 6.99. The van der Waals surface area contributed by atoms with Crippen LogP contribution >= 0.6 is 0 Å². The summed E-state index contributed by atoms with van der Waals surface area (Å²) in [5, 5.41) is 0. The van der Waals surface area contributed by atoms with Gasteiger partial charge >= 0.3 is 0 Å². The molecular weight excluding hydrogens is 428 g/mol. The molecule has 2 aliphatic rings. The number of fused-ring (bicyclic) bond motifs is 2. The number of carbonyl (C=O) groups is 1. The lowest BCUT2D eigenvalue weighted by atomic mass is 10.1. The van der Waals surface area contributed by atoms with E-state index in [1.165, 1.54) is 12.1 Å². The summed E-state index contributed by atoms with van der Waals surface area (Å²) in [6, 6.07) is 18.9. The van der Waals surface area contributed by atoms with Crippen LogP contribution in [0.25, 0.3) is 0 Å². The molecule has 0 fully saturated rings. The summed E-state index contributed by atoms with van der Waals surface area (Å²) >= 11 is 0. The second-order valence-electron chi connectivity index (χ2n) is 7.85. The van der Waals surface area contributed by atoms with Gasteiger partial charge in [0.05, 0.1) is 4.90 Å². The number of rotatable bonds is 4. The van der Waals surface area contributed by atoms with Crippen molar-refractivity contribution in [2.75, 3.05) is 22.8 Å². The quantitative estimate of drug-likeness (QED) is 0.653. The fraction of sp³-hybridized carbons (Fsp3) is 0.208. The molecule has 3 aromatic carbocycles. The number of nitrogens with one attached hydrogen (secondary N) is 1. The smallest absolute Gasteiger partial charge is 0.262 e. The third-order valence-electron chi connectivity index (χ3n) is 5.61. The Labute approximate surface area is 186 Å². The summed E-state index contributed by atoms with van der Waals surface area (Å²) in [6.45, 7) is 2.80. The van der Waals surface area contributed by atoms with Gasteiger partial charge in [0.1, 0.15) is 13.2 Å². The van der Waals surface area contributed by atoms with Crippen LogP contribution < -0.4 is 19.1 Å². The van der Waals surface area contributed by atoms with Crippen LogP contribution in [0.4, 0.5) is 11.4 Å². The maximum Gasteiger partial charge on any atom is 0.262 e. The predicted molar refractivity (Wildman–Crippen MR) is 121 cm³/mol. The van der Waals surface area contributed by atoms with E-state index < -0.39 is 10.0 Å². The van der Waals surface area contributed by atoms with Gasteiger partial charge in [-0.1, -0.05) is 24.3 Å². The van der Waals surface area contributed by atoms with Crippen molar-refractivity contribution in [3.8, 4) is 11.5 Å². The molecule has 1 amide bonds.